The maximum Gasteiger partial charge on any atom is 0.108 e. The van der Waals surface area contributed by atoms with E-state index in [1.807, 2.05) is 12.1 Å². The normalized spacial score (nSPS) is 15.9. The van der Waals surface area contributed by atoms with E-state index in [1.165, 1.54) is 11.1 Å². The van der Waals surface area contributed by atoms with Crippen LogP contribution in [0.1, 0.15) is 17.2 Å². The number of benzene rings is 2. The van der Waals surface area contributed by atoms with Crippen molar-refractivity contribution in [1.29, 1.82) is 0 Å². The highest BCUT2D eigenvalue weighted by Gasteiger charge is 2.14. The molecule has 2 aromatic carbocycles. The van der Waals surface area contributed by atoms with Gasteiger partial charge in [0, 0.05) is 19.6 Å². The van der Waals surface area contributed by atoms with Gasteiger partial charge < -0.3 is 9.47 Å². The van der Waals surface area contributed by atoms with E-state index >= 15 is 0 Å². The van der Waals surface area contributed by atoms with Crippen molar-refractivity contribution >= 4 is 0 Å². The van der Waals surface area contributed by atoms with Crippen molar-refractivity contribution in [1.82, 2.24) is 10.4 Å². The Bertz CT molecular complexity index is 517. The minimum atomic E-state index is -0.0242. The standard InChI is InChI=1S/C19H24N2O2/c1-3-7-17(8-4-1)19(18-9-5-2-6-10-18)23-14-11-20-21-12-15-22-16-13-21/h1-10,19-20H,11-16H2. The summed E-state index contributed by atoms with van der Waals surface area (Å²) >= 11 is 0. The van der Waals surface area contributed by atoms with Gasteiger partial charge in [-0.3, -0.25) is 5.43 Å². The highest BCUT2D eigenvalue weighted by Crippen LogP contribution is 2.25. The lowest BCUT2D eigenvalue weighted by atomic mass is 10.0. The molecule has 0 amide bonds. The summed E-state index contributed by atoms with van der Waals surface area (Å²) in [5.41, 5.74) is 5.78. The Morgan fingerprint density at radius 1 is 0.913 bits per heavy atom. The quantitative estimate of drug-likeness (QED) is 0.797. The zero-order valence-corrected chi connectivity index (χ0v) is 13.4. The predicted octanol–water partition coefficient (Wildman–Crippen LogP) is 2.63. The van der Waals surface area contributed by atoms with Crippen molar-refractivity contribution in [3.63, 3.8) is 0 Å². The Balaban J connectivity index is 1.56. The number of hydrazine groups is 1. The minimum Gasteiger partial charge on any atom is -0.379 e. The fraction of sp³-hybridized carbons (Fsp3) is 0.368. The summed E-state index contributed by atoms with van der Waals surface area (Å²) in [6.45, 7) is 4.92. The first-order valence-electron chi connectivity index (χ1n) is 8.21. The van der Waals surface area contributed by atoms with E-state index in [-0.39, 0.29) is 6.10 Å². The summed E-state index contributed by atoms with van der Waals surface area (Å²) in [5, 5.41) is 2.20. The van der Waals surface area contributed by atoms with E-state index in [0.29, 0.717) is 6.61 Å². The number of ether oxygens (including phenoxy) is 2. The van der Waals surface area contributed by atoms with Crippen LogP contribution in [0.15, 0.2) is 60.7 Å². The average molecular weight is 312 g/mol. The van der Waals surface area contributed by atoms with Gasteiger partial charge in [-0.25, -0.2) is 5.01 Å². The Morgan fingerprint density at radius 2 is 1.48 bits per heavy atom. The number of nitrogens with zero attached hydrogens (tertiary/aromatic N) is 1. The molecule has 0 radical (unpaired) electrons. The van der Waals surface area contributed by atoms with Crippen LogP contribution in [0.5, 0.6) is 0 Å². The third-order valence-corrected chi connectivity index (χ3v) is 3.94. The first-order valence-corrected chi connectivity index (χ1v) is 8.21. The smallest absolute Gasteiger partial charge is 0.108 e. The van der Waals surface area contributed by atoms with Gasteiger partial charge in [0.2, 0.25) is 0 Å². The molecule has 0 atom stereocenters. The Kier molecular flexibility index (Phi) is 6.17. The molecule has 1 heterocycles. The van der Waals surface area contributed by atoms with Crippen LogP contribution in [0.4, 0.5) is 0 Å². The van der Waals surface area contributed by atoms with Gasteiger partial charge in [-0.05, 0) is 11.1 Å². The van der Waals surface area contributed by atoms with Crippen molar-refractivity contribution < 1.29 is 9.47 Å². The maximum atomic E-state index is 6.18. The summed E-state index contributed by atoms with van der Waals surface area (Å²) in [6, 6.07) is 20.8. The van der Waals surface area contributed by atoms with Gasteiger partial charge in [-0.15, -0.1) is 0 Å². The number of nitrogens with one attached hydrogen (secondary N) is 1. The molecule has 23 heavy (non-hydrogen) atoms. The SMILES string of the molecule is c1ccc(C(OCCNN2CCOCC2)c2ccccc2)cc1. The third-order valence-electron chi connectivity index (χ3n) is 3.94. The number of hydrogen-bond acceptors (Lipinski definition) is 4. The Morgan fingerprint density at radius 3 is 2.04 bits per heavy atom. The molecule has 0 saturated carbocycles. The molecule has 0 spiro atoms. The van der Waals surface area contributed by atoms with Crippen LogP contribution in [0, 0.1) is 0 Å². The van der Waals surface area contributed by atoms with Gasteiger partial charge in [0.15, 0.2) is 0 Å². The highest BCUT2D eigenvalue weighted by atomic mass is 16.5. The average Bonchev–Trinajstić information content (AvgIpc) is 2.64. The van der Waals surface area contributed by atoms with Crippen LogP contribution in [0.25, 0.3) is 0 Å². The molecule has 122 valence electrons. The van der Waals surface area contributed by atoms with Gasteiger partial charge in [0.05, 0.1) is 19.8 Å². The molecule has 1 fully saturated rings. The summed E-state index contributed by atoms with van der Waals surface area (Å²) in [6.07, 6.45) is -0.0242. The predicted molar refractivity (Wildman–Crippen MR) is 91.1 cm³/mol. The summed E-state index contributed by atoms with van der Waals surface area (Å²) in [4.78, 5) is 0. The zero-order valence-electron chi connectivity index (χ0n) is 13.4. The fourth-order valence-corrected chi connectivity index (χ4v) is 2.74. The van der Waals surface area contributed by atoms with Crippen LogP contribution >= 0.6 is 0 Å². The summed E-state index contributed by atoms with van der Waals surface area (Å²) < 4.78 is 11.5. The van der Waals surface area contributed by atoms with Gasteiger partial charge >= 0.3 is 0 Å². The highest BCUT2D eigenvalue weighted by molar-refractivity contribution is 5.29. The molecule has 4 heteroatoms. The van der Waals surface area contributed by atoms with Crippen LogP contribution < -0.4 is 5.43 Å². The first-order chi connectivity index (χ1) is 11.4. The molecule has 1 aliphatic rings. The van der Waals surface area contributed by atoms with Gasteiger partial charge in [0.1, 0.15) is 6.10 Å². The molecule has 1 N–H and O–H groups in total. The van der Waals surface area contributed by atoms with E-state index in [0.717, 1.165) is 32.8 Å². The van der Waals surface area contributed by atoms with Crippen LogP contribution in [0.3, 0.4) is 0 Å². The first kappa shape index (κ1) is 16.1. The molecular weight excluding hydrogens is 288 g/mol. The Hall–Kier alpha value is -1.72. The second-order valence-electron chi connectivity index (χ2n) is 5.58. The molecule has 0 unspecified atom stereocenters. The second-order valence-corrected chi connectivity index (χ2v) is 5.58. The second kappa shape index (κ2) is 8.79. The zero-order chi connectivity index (χ0) is 15.7. The van der Waals surface area contributed by atoms with E-state index in [9.17, 15) is 0 Å². The van der Waals surface area contributed by atoms with Crippen molar-refractivity contribution in [2.45, 2.75) is 6.10 Å². The van der Waals surface area contributed by atoms with Gasteiger partial charge in [0.25, 0.3) is 0 Å². The third kappa shape index (κ3) is 4.88. The molecule has 1 aliphatic heterocycles. The lowest BCUT2D eigenvalue weighted by molar-refractivity contribution is 0.00180. The molecular formula is C19H24N2O2. The van der Waals surface area contributed by atoms with Crippen molar-refractivity contribution in [2.75, 3.05) is 39.5 Å². The van der Waals surface area contributed by atoms with Crippen LogP contribution in [-0.4, -0.2) is 44.5 Å². The maximum absolute atomic E-state index is 6.18. The van der Waals surface area contributed by atoms with Gasteiger partial charge in [-0.1, -0.05) is 60.7 Å². The van der Waals surface area contributed by atoms with Crippen LogP contribution in [-0.2, 0) is 9.47 Å². The molecule has 0 bridgehead atoms. The van der Waals surface area contributed by atoms with Gasteiger partial charge in [-0.2, -0.15) is 0 Å². The number of morpholine rings is 1. The summed E-state index contributed by atoms with van der Waals surface area (Å²) in [7, 11) is 0. The largest absolute Gasteiger partial charge is 0.379 e. The van der Waals surface area contributed by atoms with E-state index < -0.39 is 0 Å². The van der Waals surface area contributed by atoms with Crippen molar-refractivity contribution in [3.05, 3.63) is 71.8 Å². The van der Waals surface area contributed by atoms with Crippen LogP contribution in [0.2, 0.25) is 0 Å². The molecule has 3 rings (SSSR count). The van der Waals surface area contributed by atoms with Crippen molar-refractivity contribution in [3.8, 4) is 0 Å². The number of rotatable bonds is 7. The Labute approximate surface area is 138 Å². The monoisotopic (exact) mass is 312 g/mol. The lowest BCUT2D eigenvalue weighted by Gasteiger charge is -2.27. The fourth-order valence-electron chi connectivity index (χ4n) is 2.74. The topological polar surface area (TPSA) is 33.7 Å². The lowest BCUT2D eigenvalue weighted by Crippen LogP contribution is -2.46. The molecule has 0 aromatic heterocycles. The molecule has 4 nitrogen and oxygen atoms in total. The minimum absolute atomic E-state index is 0.0242. The molecule has 2 aromatic rings. The number of hydrogen-bond donors (Lipinski definition) is 1. The van der Waals surface area contributed by atoms with E-state index in [2.05, 4.69) is 59.0 Å². The van der Waals surface area contributed by atoms with E-state index in [1.54, 1.807) is 0 Å². The van der Waals surface area contributed by atoms with Crippen molar-refractivity contribution in [2.24, 2.45) is 0 Å². The van der Waals surface area contributed by atoms with E-state index in [4.69, 9.17) is 9.47 Å². The molecule has 1 saturated heterocycles. The summed E-state index contributed by atoms with van der Waals surface area (Å²) in [5.74, 6) is 0. The molecule has 0 aliphatic carbocycles.